The maximum Gasteiger partial charge on any atom is 0.0113 e. The van der Waals surface area contributed by atoms with Gasteiger partial charge in [0.2, 0.25) is 0 Å². The second-order valence-corrected chi connectivity index (χ2v) is 4.36. The first-order chi connectivity index (χ1) is 6.77. The molecule has 0 saturated carbocycles. The highest BCUT2D eigenvalue weighted by molar-refractivity contribution is 4.77. The minimum absolute atomic E-state index is 0.735. The molecule has 0 aromatic rings. The van der Waals surface area contributed by atoms with Crippen LogP contribution in [0.1, 0.15) is 26.2 Å². The molecule has 0 bridgehead atoms. The van der Waals surface area contributed by atoms with Gasteiger partial charge in [-0.2, -0.15) is 0 Å². The van der Waals surface area contributed by atoms with Crippen molar-refractivity contribution in [1.82, 2.24) is 9.80 Å². The Kier molecular flexibility index (Phi) is 5.45. The van der Waals surface area contributed by atoms with Crippen molar-refractivity contribution in [2.45, 2.75) is 32.2 Å². The summed E-state index contributed by atoms with van der Waals surface area (Å²) in [6.07, 6.45) is 3.75. The summed E-state index contributed by atoms with van der Waals surface area (Å²) >= 11 is 0. The summed E-state index contributed by atoms with van der Waals surface area (Å²) in [5, 5.41) is 0. The predicted molar refractivity (Wildman–Crippen MR) is 61.4 cm³/mol. The number of hydrogen-bond acceptors (Lipinski definition) is 3. The van der Waals surface area contributed by atoms with E-state index < -0.39 is 0 Å². The largest absolute Gasteiger partial charge is 0.330 e. The molecule has 0 aromatic heterocycles. The van der Waals surface area contributed by atoms with Crippen LogP contribution >= 0.6 is 0 Å². The Morgan fingerprint density at radius 2 is 1.79 bits per heavy atom. The molecule has 0 aliphatic carbocycles. The van der Waals surface area contributed by atoms with Crippen molar-refractivity contribution in [1.29, 1.82) is 0 Å². The van der Waals surface area contributed by atoms with Crippen LogP contribution in [0.15, 0.2) is 0 Å². The van der Waals surface area contributed by atoms with Gasteiger partial charge in [-0.05, 0) is 26.4 Å². The molecule has 84 valence electrons. The highest BCUT2D eigenvalue weighted by atomic mass is 15.3. The van der Waals surface area contributed by atoms with Gasteiger partial charge in [-0.15, -0.1) is 0 Å². The SMILES string of the molecule is CCCC(CCN)N1CCN(C)CC1. The van der Waals surface area contributed by atoms with Gasteiger partial charge < -0.3 is 10.6 Å². The maximum atomic E-state index is 5.66. The van der Waals surface area contributed by atoms with Crippen molar-refractivity contribution in [3.63, 3.8) is 0 Å². The Hall–Kier alpha value is -0.120. The number of piperazine rings is 1. The highest BCUT2D eigenvalue weighted by Crippen LogP contribution is 2.12. The van der Waals surface area contributed by atoms with Crippen LogP contribution in [0.2, 0.25) is 0 Å². The number of likely N-dealkylation sites (N-methyl/N-ethyl adjacent to an activating group) is 1. The van der Waals surface area contributed by atoms with Crippen LogP contribution in [-0.4, -0.2) is 55.6 Å². The fourth-order valence-electron chi connectivity index (χ4n) is 2.22. The van der Waals surface area contributed by atoms with Gasteiger partial charge in [-0.25, -0.2) is 0 Å². The van der Waals surface area contributed by atoms with Crippen LogP contribution < -0.4 is 5.73 Å². The van der Waals surface area contributed by atoms with E-state index in [4.69, 9.17) is 5.73 Å². The molecule has 3 nitrogen and oxygen atoms in total. The fourth-order valence-corrected chi connectivity index (χ4v) is 2.22. The van der Waals surface area contributed by atoms with E-state index in [9.17, 15) is 0 Å². The van der Waals surface area contributed by atoms with Crippen molar-refractivity contribution in [2.75, 3.05) is 39.8 Å². The molecule has 0 aromatic carbocycles. The first kappa shape index (κ1) is 12.0. The van der Waals surface area contributed by atoms with Gasteiger partial charge in [0, 0.05) is 32.2 Å². The molecule has 1 heterocycles. The molecular weight excluding hydrogens is 174 g/mol. The molecule has 1 aliphatic rings. The zero-order valence-electron chi connectivity index (χ0n) is 9.71. The highest BCUT2D eigenvalue weighted by Gasteiger charge is 2.20. The fraction of sp³-hybridized carbons (Fsp3) is 1.00. The van der Waals surface area contributed by atoms with Crippen molar-refractivity contribution < 1.29 is 0 Å². The van der Waals surface area contributed by atoms with Gasteiger partial charge in [0.1, 0.15) is 0 Å². The molecule has 1 saturated heterocycles. The van der Waals surface area contributed by atoms with E-state index in [0.29, 0.717) is 0 Å². The monoisotopic (exact) mass is 199 g/mol. The van der Waals surface area contributed by atoms with Gasteiger partial charge in [0.15, 0.2) is 0 Å². The Bertz CT molecular complexity index is 135. The molecule has 1 fully saturated rings. The predicted octanol–water partition coefficient (Wildman–Crippen LogP) is 0.751. The minimum Gasteiger partial charge on any atom is -0.330 e. The lowest BCUT2D eigenvalue weighted by Gasteiger charge is -2.38. The molecule has 1 atom stereocenters. The van der Waals surface area contributed by atoms with E-state index in [2.05, 4.69) is 23.8 Å². The molecule has 14 heavy (non-hydrogen) atoms. The van der Waals surface area contributed by atoms with E-state index >= 15 is 0 Å². The van der Waals surface area contributed by atoms with Gasteiger partial charge >= 0.3 is 0 Å². The molecule has 3 heteroatoms. The van der Waals surface area contributed by atoms with Crippen molar-refractivity contribution in [2.24, 2.45) is 5.73 Å². The third-order valence-electron chi connectivity index (χ3n) is 3.18. The third-order valence-corrected chi connectivity index (χ3v) is 3.18. The van der Waals surface area contributed by atoms with Crippen molar-refractivity contribution >= 4 is 0 Å². The summed E-state index contributed by atoms with van der Waals surface area (Å²) in [4.78, 5) is 5.03. The van der Waals surface area contributed by atoms with Crippen LogP contribution in [0.3, 0.4) is 0 Å². The Balaban J connectivity index is 2.34. The van der Waals surface area contributed by atoms with Gasteiger partial charge in [-0.1, -0.05) is 13.3 Å². The summed E-state index contributed by atoms with van der Waals surface area (Å²) in [5.74, 6) is 0. The second kappa shape index (κ2) is 6.38. The zero-order chi connectivity index (χ0) is 10.4. The van der Waals surface area contributed by atoms with E-state index in [1.165, 1.54) is 39.0 Å². The normalized spacial score (nSPS) is 22.5. The van der Waals surface area contributed by atoms with E-state index in [1.807, 2.05) is 0 Å². The Morgan fingerprint density at radius 1 is 1.14 bits per heavy atom. The quantitative estimate of drug-likeness (QED) is 0.709. The van der Waals surface area contributed by atoms with E-state index in [0.717, 1.165) is 19.0 Å². The van der Waals surface area contributed by atoms with Crippen LogP contribution in [0.25, 0.3) is 0 Å². The summed E-state index contributed by atoms with van der Waals surface area (Å²) in [5.41, 5.74) is 5.66. The molecule has 0 radical (unpaired) electrons. The van der Waals surface area contributed by atoms with Gasteiger partial charge in [0.05, 0.1) is 0 Å². The first-order valence-corrected chi connectivity index (χ1v) is 5.90. The third kappa shape index (κ3) is 3.56. The zero-order valence-corrected chi connectivity index (χ0v) is 9.71. The Morgan fingerprint density at radius 3 is 2.29 bits per heavy atom. The van der Waals surface area contributed by atoms with Crippen LogP contribution in [0.4, 0.5) is 0 Å². The average Bonchev–Trinajstić information content (AvgIpc) is 2.19. The standard InChI is InChI=1S/C11H25N3/c1-3-4-11(5-6-12)14-9-7-13(2)8-10-14/h11H,3-10,12H2,1-2H3. The molecule has 1 unspecified atom stereocenters. The summed E-state index contributed by atoms with van der Waals surface area (Å²) in [6.45, 7) is 7.97. The first-order valence-electron chi connectivity index (χ1n) is 5.90. The van der Waals surface area contributed by atoms with E-state index in [1.54, 1.807) is 0 Å². The number of nitrogens with zero attached hydrogens (tertiary/aromatic N) is 2. The molecular formula is C11H25N3. The lowest BCUT2D eigenvalue weighted by Crippen LogP contribution is -2.49. The molecule has 0 amide bonds. The number of hydrogen-bond donors (Lipinski definition) is 1. The van der Waals surface area contributed by atoms with Gasteiger partial charge in [-0.3, -0.25) is 4.90 Å². The summed E-state index contributed by atoms with van der Waals surface area (Å²) < 4.78 is 0. The average molecular weight is 199 g/mol. The van der Waals surface area contributed by atoms with Crippen molar-refractivity contribution in [3.8, 4) is 0 Å². The topological polar surface area (TPSA) is 32.5 Å². The second-order valence-electron chi connectivity index (χ2n) is 4.36. The van der Waals surface area contributed by atoms with Crippen LogP contribution in [0, 0.1) is 0 Å². The number of nitrogens with two attached hydrogens (primary N) is 1. The summed E-state index contributed by atoms with van der Waals surface area (Å²) in [6, 6.07) is 0.735. The van der Waals surface area contributed by atoms with Crippen LogP contribution in [0.5, 0.6) is 0 Å². The lowest BCUT2D eigenvalue weighted by atomic mass is 10.1. The maximum absolute atomic E-state index is 5.66. The molecule has 0 spiro atoms. The molecule has 1 rings (SSSR count). The Labute approximate surface area is 88.2 Å². The van der Waals surface area contributed by atoms with Gasteiger partial charge in [0.25, 0.3) is 0 Å². The molecule has 1 aliphatic heterocycles. The van der Waals surface area contributed by atoms with E-state index in [-0.39, 0.29) is 0 Å². The van der Waals surface area contributed by atoms with Crippen molar-refractivity contribution in [3.05, 3.63) is 0 Å². The minimum atomic E-state index is 0.735. The lowest BCUT2D eigenvalue weighted by molar-refractivity contribution is 0.103. The molecule has 2 N–H and O–H groups in total. The summed E-state index contributed by atoms with van der Waals surface area (Å²) in [7, 11) is 2.20. The number of rotatable bonds is 5. The van der Waals surface area contributed by atoms with Crippen LogP contribution in [-0.2, 0) is 0 Å². The smallest absolute Gasteiger partial charge is 0.0113 e.